The summed E-state index contributed by atoms with van der Waals surface area (Å²) in [5.74, 6) is -1.25. The van der Waals surface area contributed by atoms with Crippen molar-refractivity contribution in [3.05, 3.63) is 74.8 Å². The number of hydrogen-bond acceptors (Lipinski definition) is 6. The third kappa shape index (κ3) is 6.04. The van der Waals surface area contributed by atoms with Crippen molar-refractivity contribution in [1.82, 2.24) is 4.90 Å². The number of halogens is 1. The average Bonchev–Trinajstić information content (AvgIpc) is 2.69. The maximum atomic E-state index is 12.5. The number of amides is 1. The first kappa shape index (κ1) is 21.3. The van der Waals surface area contributed by atoms with Gasteiger partial charge in [-0.1, -0.05) is 41.9 Å². The molecule has 0 fully saturated rings. The lowest BCUT2D eigenvalue weighted by Gasteiger charge is -2.22. The van der Waals surface area contributed by atoms with E-state index in [1.54, 1.807) is 0 Å². The monoisotopic (exact) mass is 406 g/mol. The molecule has 0 saturated carbocycles. The molecule has 0 heterocycles. The number of carbonyl (C=O) groups excluding carboxylic acids is 2. The molecule has 0 aliphatic rings. The SMILES string of the molecule is COCCN(Cc1ccccc1)C(=O)COC(=O)c1ccc(Cl)c([N+](=O)[O-])c1. The Morgan fingerprint density at radius 3 is 2.54 bits per heavy atom. The largest absolute Gasteiger partial charge is 0.452 e. The fraction of sp³-hybridized carbons (Fsp3) is 0.263. The van der Waals surface area contributed by atoms with Gasteiger partial charge in [0.2, 0.25) is 0 Å². The predicted molar refractivity (Wildman–Crippen MR) is 102 cm³/mol. The molecule has 2 rings (SSSR count). The number of methoxy groups -OCH3 is 1. The van der Waals surface area contributed by atoms with E-state index in [0.717, 1.165) is 11.6 Å². The number of nitro groups is 1. The molecule has 0 radical (unpaired) electrons. The van der Waals surface area contributed by atoms with Gasteiger partial charge in [0.15, 0.2) is 6.61 Å². The Hall–Kier alpha value is -2.97. The Balaban J connectivity index is 2.01. The summed E-state index contributed by atoms with van der Waals surface area (Å²) in [6, 6.07) is 12.9. The summed E-state index contributed by atoms with van der Waals surface area (Å²) in [6.07, 6.45) is 0. The van der Waals surface area contributed by atoms with Crippen LogP contribution in [-0.2, 0) is 20.8 Å². The maximum absolute atomic E-state index is 12.5. The standard InChI is InChI=1S/C19H19ClN2O6/c1-27-10-9-21(12-14-5-3-2-4-6-14)18(23)13-28-19(24)15-7-8-16(20)17(11-15)22(25)26/h2-8,11H,9-10,12-13H2,1H3. The van der Waals surface area contributed by atoms with Gasteiger partial charge < -0.3 is 14.4 Å². The van der Waals surface area contributed by atoms with Gasteiger partial charge in [-0.3, -0.25) is 14.9 Å². The lowest BCUT2D eigenvalue weighted by molar-refractivity contribution is -0.384. The number of rotatable bonds is 9. The summed E-state index contributed by atoms with van der Waals surface area (Å²) in [4.78, 5) is 36.4. The second kappa shape index (κ2) is 10.4. The van der Waals surface area contributed by atoms with E-state index in [2.05, 4.69) is 0 Å². The molecule has 2 aromatic rings. The van der Waals surface area contributed by atoms with Crippen LogP contribution in [0, 0.1) is 10.1 Å². The Labute approximate surface area is 166 Å². The van der Waals surface area contributed by atoms with Crippen LogP contribution in [0.2, 0.25) is 5.02 Å². The second-order valence-corrected chi connectivity index (χ2v) is 6.20. The third-order valence-corrected chi connectivity index (χ3v) is 4.16. The molecule has 0 aliphatic carbocycles. The minimum absolute atomic E-state index is 0.0598. The molecule has 0 unspecified atom stereocenters. The maximum Gasteiger partial charge on any atom is 0.338 e. The summed E-state index contributed by atoms with van der Waals surface area (Å²) in [5, 5.41) is 10.8. The van der Waals surface area contributed by atoms with Crippen molar-refractivity contribution >= 4 is 29.2 Å². The molecular weight excluding hydrogens is 388 g/mol. The summed E-state index contributed by atoms with van der Waals surface area (Å²) >= 11 is 5.72. The van der Waals surface area contributed by atoms with E-state index in [1.807, 2.05) is 30.3 Å². The number of nitro benzene ring substituents is 1. The van der Waals surface area contributed by atoms with Crippen LogP contribution in [0.3, 0.4) is 0 Å². The zero-order chi connectivity index (χ0) is 20.5. The molecule has 0 bridgehead atoms. The van der Waals surface area contributed by atoms with Crippen LogP contribution in [0.15, 0.2) is 48.5 Å². The highest BCUT2D eigenvalue weighted by Gasteiger charge is 2.20. The number of nitrogens with zero attached hydrogens (tertiary/aromatic N) is 2. The fourth-order valence-corrected chi connectivity index (χ4v) is 2.57. The zero-order valence-electron chi connectivity index (χ0n) is 15.2. The van der Waals surface area contributed by atoms with Gasteiger partial charge in [0.05, 0.1) is 17.1 Å². The first-order valence-corrected chi connectivity index (χ1v) is 8.72. The second-order valence-electron chi connectivity index (χ2n) is 5.79. The Bertz CT molecular complexity index is 844. The molecule has 0 saturated heterocycles. The van der Waals surface area contributed by atoms with Crippen molar-refractivity contribution in [2.75, 3.05) is 26.9 Å². The summed E-state index contributed by atoms with van der Waals surface area (Å²) < 4.78 is 10.1. The molecule has 0 spiro atoms. The van der Waals surface area contributed by atoms with Gasteiger partial charge >= 0.3 is 5.97 Å². The van der Waals surface area contributed by atoms with Gasteiger partial charge in [0, 0.05) is 26.3 Å². The number of hydrogen-bond donors (Lipinski definition) is 0. The quantitative estimate of drug-likeness (QED) is 0.360. The van der Waals surface area contributed by atoms with Crippen molar-refractivity contribution in [1.29, 1.82) is 0 Å². The van der Waals surface area contributed by atoms with Crippen LogP contribution >= 0.6 is 11.6 Å². The summed E-state index contributed by atoms with van der Waals surface area (Å²) in [7, 11) is 1.53. The van der Waals surface area contributed by atoms with E-state index in [0.29, 0.717) is 19.7 Å². The number of esters is 1. The molecule has 0 aliphatic heterocycles. The Morgan fingerprint density at radius 2 is 1.89 bits per heavy atom. The van der Waals surface area contributed by atoms with E-state index in [9.17, 15) is 19.7 Å². The lowest BCUT2D eigenvalue weighted by Crippen LogP contribution is -2.36. The normalized spacial score (nSPS) is 10.4. The Morgan fingerprint density at radius 1 is 1.18 bits per heavy atom. The molecule has 0 aromatic heterocycles. The highest BCUT2D eigenvalue weighted by Crippen LogP contribution is 2.25. The van der Waals surface area contributed by atoms with Crippen molar-refractivity contribution in [3.8, 4) is 0 Å². The van der Waals surface area contributed by atoms with Crippen LogP contribution in [-0.4, -0.2) is 48.6 Å². The lowest BCUT2D eigenvalue weighted by atomic mass is 10.2. The molecule has 2 aromatic carbocycles. The van der Waals surface area contributed by atoms with E-state index >= 15 is 0 Å². The van der Waals surface area contributed by atoms with Gasteiger partial charge in [-0.15, -0.1) is 0 Å². The average molecular weight is 407 g/mol. The van der Waals surface area contributed by atoms with Crippen LogP contribution in [0.25, 0.3) is 0 Å². The predicted octanol–water partition coefficient (Wildman–Crippen LogP) is 3.08. The molecular formula is C19H19ClN2O6. The van der Waals surface area contributed by atoms with Gasteiger partial charge in [-0.05, 0) is 17.7 Å². The van der Waals surface area contributed by atoms with Crippen molar-refractivity contribution < 1.29 is 24.0 Å². The Kier molecular flexibility index (Phi) is 7.91. The first-order chi connectivity index (χ1) is 13.4. The van der Waals surface area contributed by atoms with Gasteiger partial charge in [0.1, 0.15) is 5.02 Å². The molecule has 148 valence electrons. The van der Waals surface area contributed by atoms with Crippen LogP contribution in [0.5, 0.6) is 0 Å². The van der Waals surface area contributed by atoms with Gasteiger partial charge in [-0.25, -0.2) is 4.79 Å². The van der Waals surface area contributed by atoms with Crippen LogP contribution in [0.4, 0.5) is 5.69 Å². The van der Waals surface area contributed by atoms with Gasteiger partial charge in [0.25, 0.3) is 11.6 Å². The third-order valence-electron chi connectivity index (χ3n) is 3.84. The van der Waals surface area contributed by atoms with E-state index < -0.39 is 29.1 Å². The smallest absolute Gasteiger partial charge is 0.338 e. The van der Waals surface area contributed by atoms with Crippen molar-refractivity contribution in [3.63, 3.8) is 0 Å². The van der Waals surface area contributed by atoms with Crippen LogP contribution in [0.1, 0.15) is 15.9 Å². The summed E-state index contributed by atoms with van der Waals surface area (Å²) in [5.41, 5.74) is 0.454. The van der Waals surface area contributed by atoms with E-state index in [-0.39, 0.29) is 10.6 Å². The fourth-order valence-electron chi connectivity index (χ4n) is 2.38. The minimum atomic E-state index is -0.848. The number of carbonyl (C=O) groups is 2. The van der Waals surface area contributed by atoms with E-state index in [4.69, 9.17) is 21.1 Å². The number of ether oxygens (including phenoxy) is 2. The first-order valence-electron chi connectivity index (χ1n) is 8.34. The molecule has 0 N–H and O–H groups in total. The molecule has 9 heteroatoms. The zero-order valence-corrected chi connectivity index (χ0v) is 15.9. The highest BCUT2D eigenvalue weighted by molar-refractivity contribution is 6.32. The minimum Gasteiger partial charge on any atom is -0.452 e. The highest BCUT2D eigenvalue weighted by atomic mass is 35.5. The molecule has 0 atom stereocenters. The van der Waals surface area contributed by atoms with E-state index in [1.165, 1.54) is 24.1 Å². The van der Waals surface area contributed by atoms with Gasteiger partial charge in [-0.2, -0.15) is 0 Å². The summed E-state index contributed by atoms with van der Waals surface area (Å²) in [6.45, 7) is 0.503. The van der Waals surface area contributed by atoms with Crippen LogP contribution < -0.4 is 0 Å². The van der Waals surface area contributed by atoms with Crippen molar-refractivity contribution in [2.45, 2.75) is 6.54 Å². The van der Waals surface area contributed by atoms with Crippen molar-refractivity contribution in [2.24, 2.45) is 0 Å². The molecule has 1 amide bonds. The number of benzene rings is 2. The molecule has 28 heavy (non-hydrogen) atoms. The topological polar surface area (TPSA) is 99.0 Å². The molecule has 8 nitrogen and oxygen atoms in total.